The maximum atomic E-state index is 13.0. The maximum Gasteiger partial charge on any atom is 0.272 e. The van der Waals surface area contributed by atoms with Crippen molar-refractivity contribution in [3.8, 4) is 11.3 Å². The van der Waals surface area contributed by atoms with Crippen LogP contribution < -0.4 is 0 Å². The molecule has 0 radical (unpaired) electrons. The molecule has 3 rings (SSSR count). The molecule has 2 aromatic heterocycles. The molecule has 0 N–H and O–H groups in total. The van der Waals surface area contributed by atoms with Gasteiger partial charge in [0.1, 0.15) is 5.69 Å². The molecular formula is C19H30N6O2. The highest BCUT2D eigenvalue weighted by atomic mass is 16.5. The van der Waals surface area contributed by atoms with Crippen LogP contribution in [0.5, 0.6) is 0 Å². The summed E-state index contributed by atoms with van der Waals surface area (Å²) in [5, 5.41) is 9.05. The minimum atomic E-state index is 0.0481. The van der Waals surface area contributed by atoms with Crippen LogP contribution in [0.2, 0.25) is 0 Å². The molecule has 1 amide bonds. The van der Waals surface area contributed by atoms with E-state index in [1.807, 2.05) is 43.6 Å². The topological polar surface area (TPSA) is 68.4 Å². The predicted molar refractivity (Wildman–Crippen MR) is 104 cm³/mol. The molecule has 0 spiro atoms. The molecule has 148 valence electrons. The van der Waals surface area contributed by atoms with E-state index in [9.17, 15) is 4.79 Å². The van der Waals surface area contributed by atoms with E-state index >= 15 is 0 Å². The van der Waals surface area contributed by atoms with E-state index in [1.165, 1.54) is 0 Å². The van der Waals surface area contributed by atoms with Crippen LogP contribution in [0, 0.1) is 13.8 Å². The van der Waals surface area contributed by atoms with Crippen molar-refractivity contribution in [1.29, 1.82) is 0 Å². The van der Waals surface area contributed by atoms with Crippen LogP contribution in [-0.2, 0) is 18.8 Å². The van der Waals surface area contributed by atoms with E-state index in [0.717, 1.165) is 68.4 Å². The number of rotatable bonds is 6. The SMILES string of the molecule is COCCCN1CCN(C(=O)c2cc(-c3c(C)nn(C)c3C)nn2C)CC1. The van der Waals surface area contributed by atoms with Crippen LogP contribution in [-0.4, -0.2) is 81.7 Å². The number of ether oxygens (including phenoxy) is 1. The fraction of sp³-hybridized carbons (Fsp3) is 0.632. The quantitative estimate of drug-likeness (QED) is 0.712. The lowest BCUT2D eigenvalue weighted by molar-refractivity contribution is 0.0613. The molecule has 0 aliphatic carbocycles. The highest BCUT2D eigenvalue weighted by Crippen LogP contribution is 2.26. The summed E-state index contributed by atoms with van der Waals surface area (Å²) < 4.78 is 8.65. The van der Waals surface area contributed by atoms with Gasteiger partial charge in [-0.25, -0.2) is 0 Å². The van der Waals surface area contributed by atoms with Gasteiger partial charge < -0.3 is 9.64 Å². The molecule has 1 saturated heterocycles. The van der Waals surface area contributed by atoms with Crippen molar-refractivity contribution in [1.82, 2.24) is 29.4 Å². The lowest BCUT2D eigenvalue weighted by Crippen LogP contribution is -2.49. The summed E-state index contributed by atoms with van der Waals surface area (Å²) in [6.07, 6.45) is 1.03. The number of hydrogen-bond acceptors (Lipinski definition) is 5. The molecule has 2 aromatic rings. The van der Waals surface area contributed by atoms with Gasteiger partial charge in [0.25, 0.3) is 5.91 Å². The molecule has 0 unspecified atom stereocenters. The first-order valence-corrected chi connectivity index (χ1v) is 9.47. The van der Waals surface area contributed by atoms with Crippen molar-refractivity contribution in [2.75, 3.05) is 46.4 Å². The molecular weight excluding hydrogens is 344 g/mol. The van der Waals surface area contributed by atoms with Gasteiger partial charge in [0.15, 0.2) is 0 Å². The van der Waals surface area contributed by atoms with Gasteiger partial charge in [0.05, 0.1) is 11.4 Å². The normalized spacial score (nSPS) is 15.5. The third kappa shape index (κ3) is 4.06. The molecule has 27 heavy (non-hydrogen) atoms. The lowest BCUT2D eigenvalue weighted by atomic mass is 10.1. The van der Waals surface area contributed by atoms with Crippen molar-refractivity contribution in [3.05, 3.63) is 23.1 Å². The van der Waals surface area contributed by atoms with Crippen LogP contribution >= 0.6 is 0 Å². The molecule has 8 heteroatoms. The number of nitrogens with zero attached hydrogens (tertiary/aromatic N) is 6. The summed E-state index contributed by atoms with van der Waals surface area (Å²) in [6, 6.07) is 1.89. The Balaban J connectivity index is 1.69. The Kier molecular flexibility index (Phi) is 5.96. The van der Waals surface area contributed by atoms with Crippen LogP contribution in [0.1, 0.15) is 28.3 Å². The number of hydrogen-bond donors (Lipinski definition) is 0. The van der Waals surface area contributed by atoms with Gasteiger partial charge in [-0.1, -0.05) is 0 Å². The van der Waals surface area contributed by atoms with E-state index in [-0.39, 0.29) is 5.91 Å². The summed E-state index contributed by atoms with van der Waals surface area (Å²) in [5.41, 5.74) is 4.42. The standard InChI is InChI=1S/C19H30N6O2/c1-14-18(15(2)22(3)20-14)16-13-17(23(4)21-16)19(26)25-10-8-24(9-11-25)7-6-12-27-5/h13H,6-12H2,1-5H3. The van der Waals surface area contributed by atoms with E-state index in [4.69, 9.17) is 4.74 Å². The molecule has 0 aromatic carbocycles. The number of methoxy groups -OCH3 is 1. The van der Waals surface area contributed by atoms with Gasteiger partial charge in [0, 0.05) is 71.8 Å². The van der Waals surface area contributed by atoms with Crippen molar-refractivity contribution in [3.63, 3.8) is 0 Å². The van der Waals surface area contributed by atoms with Crippen molar-refractivity contribution >= 4 is 5.91 Å². The van der Waals surface area contributed by atoms with Crippen molar-refractivity contribution < 1.29 is 9.53 Å². The predicted octanol–water partition coefficient (Wildman–Crippen LogP) is 1.23. The lowest BCUT2D eigenvalue weighted by Gasteiger charge is -2.34. The van der Waals surface area contributed by atoms with Crippen LogP contribution in [0.25, 0.3) is 11.3 Å². The third-order valence-corrected chi connectivity index (χ3v) is 5.35. The minimum absolute atomic E-state index is 0.0481. The van der Waals surface area contributed by atoms with Crippen LogP contribution in [0.15, 0.2) is 6.07 Å². The number of amides is 1. The molecule has 1 aliphatic rings. The smallest absolute Gasteiger partial charge is 0.272 e. The zero-order valence-electron chi connectivity index (χ0n) is 17.0. The first-order chi connectivity index (χ1) is 12.9. The second kappa shape index (κ2) is 8.22. The zero-order valence-corrected chi connectivity index (χ0v) is 17.0. The Labute approximate surface area is 160 Å². The van der Waals surface area contributed by atoms with E-state index < -0.39 is 0 Å². The number of carbonyl (C=O) groups excluding carboxylic acids is 1. The highest BCUT2D eigenvalue weighted by molar-refractivity contribution is 5.94. The Morgan fingerprint density at radius 1 is 1.11 bits per heavy atom. The summed E-state index contributed by atoms with van der Waals surface area (Å²) in [4.78, 5) is 17.3. The number of aromatic nitrogens is 4. The van der Waals surface area contributed by atoms with Gasteiger partial charge >= 0.3 is 0 Å². The Morgan fingerprint density at radius 2 is 1.81 bits per heavy atom. The second-order valence-electron chi connectivity index (χ2n) is 7.19. The minimum Gasteiger partial charge on any atom is -0.385 e. The van der Waals surface area contributed by atoms with Gasteiger partial charge in [-0.15, -0.1) is 0 Å². The number of carbonyl (C=O) groups is 1. The molecule has 0 bridgehead atoms. The summed E-state index contributed by atoms with van der Waals surface area (Å²) in [6.45, 7) is 9.10. The van der Waals surface area contributed by atoms with Gasteiger partial charge in [-0.2, -0.15) is 10.2 Å². The Hall–Kier alpha value is -2.19. The summed E-state index contributed by atoms with van der Waals surface area (Å²) in [5.74, 6) is 0.0481. The zero-order chi connectivity index (χ0) is 19.6. The van der Waals surface area contributed by atoms with Crippen molar-refractivity contribution in [2.24, 2.45) is 14.1 Å². The van der Waals surface area contributed by atoms with Crippen LogP contribution in [0.3, 0.4) is 0 Å². The fourth-order valence-electron chi connectivity index (χ4n) is 3.70. The summed E-state index contributed by atoms with van der Waals surface area (Å²) >= 11 is 0. The largest absolute Gasteiger partial charge is 0.385 e. The molecule has 0 atom stereocenters. The second-order valence-corrected chi connectivity index (χ2v) is 7.19. The highest BCUT2D eigenvalue weighted by Gasteiger charge is 2.25. The average Bonchev–Trinajstić information content (AvgIpc) is 3.14. The molecule has 1 fully saturated rings. The monoisotopic (exact) mass is 374 g/mol. The van der Waals surface area contributed by atoms with Gasteiger partial charge in [-0.05, 0) is 26.3 Å². The first-order valence-electron chi connectivity index (χ1n) is 9.47. The molecule has 1 aliphatic heterocycles. The van der Waals surface area contributed by atoms with E-state index in [2.05, 4.69) is 15.1 Å². The Morgan fingerprint density at radius 3 is 2.41 bits per heavy atom. The number of aryl methyl sites for hydroxylation is 3. The Bertz CT molecular complexity index is 801. The molecule has 0 saturated carbocycles. The third-order valence-electron chi connectivity index (χ3n) is 5.35. The summed E-state index contributed by atoms with van der Waals surface area (Å²) in [7, 11) is 5.49. The first kappa shape index (κ1) is 19.6. The average molecular weight is 374 g/mol. The van der Waals surface area contributed by atoms with Gasteiger partial charge in [-0.3, -0.25) is 19.1 Å². The molecule has 3 heterocycles. The van der Waals surface area contributed by atoms with E-state index in [0.29, 0.717) is 5.69 Å². The van der Waals surface area contributed by atoms with Crippen LogP contribution in [0.4, 0.5) is 0 Å². The maximum absolute atomic E-state index is 13.0. The van der Waals surface area contributed by atoms with Crippen molar-refractivity contribution in [2.45, 2.75) is 20.3 Å². The number of piperazine rings is 1. The fourth-order valence-corrected chi connectivity index (χ4v) is 3.70. The van der Waals surface area contributed by atoms with E-state index in [1.54, 1.807) is 11.8 Å². The van der Waals surface area contributed by atoms with Gasteiger partial charge in [0.2, 0.25) is 0 Å². The molecule has 8 nitrogen and oxygen atoms in total.